The number of amides is 2. The molecule has 3 rings (SSSR count). The average Bonchev–Trinajstić information content (AvgIpc) is 2.86. The summed E-state index contributed by atoms with van der Waals surface area (Å²) in [6, 6.07) is 3.49. The van der Waals surface area contributed by atoms with Gasteiger partial charge in [0, 0.05) is 6.20 Å². The fourth-order valence-corrected chi connectivity index (χ4v) is 3.21. The lowest BCUT2D eigenvalue weighted by atomic mass is 10.00. The Hall–Kier alpha value is -1.91. The lowest BCUT2D eigenvalue weighted by Gasteiger charge is -2.16. The number of aromatic nitrogens is 1. The van der Waals surface area contributed by atoms with E-state index in [4.69, 9.17) is 5.73 Å². The number of nitrogens with two attached hydrogens (primary N) is 1. The highest BCUT2D eigenvalue weighted by Gasteiger charge is 2.51. The number of hydrogen-bond donors (Lipinski definition) is 1. The van der Waals surface area contributed by atoms with Crippen LogP contribution in [0.3, 0.4) is 0 Å². The first-order chi connectivity index (χ1) is 9.06. The monoisotopic (exact) mass is 259 g/mol. The molecule has 2 aliphatic rings. The van der Waals surface area contributed by atoms with Crippen molar-refractivity contribution in [3.63, 3.8) is 0 Å². The topological polar surface area (TPSA) is 76.3 Å². The Balaban J connectivity index is 1.78. The molecular formula is C14H17N3O2. The van der Waals surface area contributed by atoms with Crippen molar-refractivity contribution in [2.24, 2.45) is 17.8 Å². The van der Waals surface area contributed by atoms with Crippen LogP contribution < -0.4 is 5.73 Å². The number of fused-ring (bicyclic) bond motifs is 1. The zero-order chi connectivity index (χ0) is 13.6. The molecule has 0 spiro atoms. The SMILES string of the molecule is CC1CC2C(=O)N(Cc3ccc(N)nc3)C(=O)C2C1. The molecule has 2 fully saturated rings. The van der Waals surface area contributed by atoms with Crippen molar-refractivity contribution in [1.82, 2.24) is 9.88 Å². The van der Waals surface area contributed by atoms with Crippen LogP contribution in [0.1, 0.15) is 25.3 Å². The first kappa shape index (κ1) is 12.1. The van der Waals surface area contributed by atoms with E-state index >= 15 is 0 Å². The van der Waals surface area contributed by atoms with Crippen LogP contribution in [0.25, 0.3) is 0 Å². The maximum absolute atomic E-state index is 12.3. The molecule has 1 aromatic heterocycles. The van der Waals surface area contributed by atoms with Crippen LogP contribution >= 0.6 is 0 Å². The minimum atomic E-state index is -0.0933. The molecule has 1 aliphatic carbocycles. The summed E-state index contributed by atoms with van der Waals surface area (Å²) in [6.07, 6.45) is 3.30. The molecule has 2 atom stereocenters. The van der Waals surface area contributed by atoms with Crippen molar-refractivity contribution in [1.29, 1.82) is 0 Å². The van der Waals surface area contributed by atoms with E-state index in [2.05, 4.69) is 11.9 Å². The van der Waals surface area contributed by atoms with E-state index in [1.165, 1.54) is 4.90 Å². The van der Waals surface area contributed by atoms with Gasteiger partial charge in [0.15, 0.2) is 0 Å². The summed E-state index contributed by atoms with van der Waals surface area (Å²) < 4.78 is 0. The Bertz CT molecular complexity index is 502. The second kappa shape index (κ2) is 4.33. The molecule has 2 N–H and O–H groups in total. The van der Waals surface area contributed by atoms with Gasteiger partial charge in [-0.15, -0.1) is 0 Å². The predicted molar refractivity (Wildman–Crippen MR) is 69.6 cm³/mol. The smallest absolute Gasteiger partial charge is 0.233 e. The zero-order valence-electron chi connectivity index (χ0n) is 10.9. The Morgan fingerprint density at radius 3 is 2.42 bits per heavy atom. The molecule has 0 bridgehead atoms. The van der Waals surface area contributed by atoms with Crippen molar-refractivity contribution in [3.8, 4) is 0 Å². The summed E-state index contributed by atoms with van der Waals surface area (Å²) in [6.45, 7) is 2.42. The Kier molecular flexibility index (Phi) is 2.77. The number of pyridine rings is 1. The van der Waals surface area contributed by atoms with E-state index in [1.54, 1.807) is 18.3 Å². The molecular weight excluding hydrogens is 242 g/mol. The fourth-order valence-electron chi connectivity index (χ4n) is 3.21. The highest BCUT2D eigenvalue weighted by atomic mass is 16.2. The first-order valence-electron chi connectivity index (χ1n) is 6.62. The molecule has 100 valence electrons. The minimum absolute atomic E-state index is 0.0174. The summed E-state index contributed by atoms with van der Waals surface area (Å²) in [4.78, 5) is 29.9. The highest BCUT2D eigenvalue weighted by Crippen LogP contribution is 2.43. The molecule has 2 unspecified atom stereocenters. The summed E-state index contributed by atoms with van der Waals surface area (Å²) in [7, 11) is 0. The molecule has 0 aromatic carbocycles. The molecule has 1 saturated carbocycles. The summed E-state index contributed by atoms with van der Waals surface area (Å²) in [5.74, 6) is 0.692. The molecule has 2 heterocycles. The van der Waals surface area contributed by atoms with Crippen molar-refractivity contribution in [3.05, 3.63) is 23.9 Å². The number of carbonyl (C=O) groups is 2. The number of rotatable bonds is 2. The van der Waals surface area contributed by atoms with Gasteiger partial charge in [-0.3, -0.25) is 14.5 Å². The van der Waals surface area contributed by atoms with Crippen LogP contribution in [-0.4, -0.2) is 21.7 Å². The number of likely N-dealkylation sites (tertiary alicyclic amines) is 1. The maximum Gasteiger partial charge on any atom is 0.233 e. The normalized spacial score (nSPS) is 29.9. The van der Waals surface area contributed by atoms with Crippen LogP contribution in [0.15, 0.2) is 18.3 Å². The Labute approximate surface area is 111 Å². The third kappa shape index (κ3) is 1.99. The lowest BCUT2D eigenvalue weighted by molar-refractivity contribution is -0.141. The van der Waals surface area contributed by atoms with Crippen molar-refractivity contribution in [2.75, 3.05) is 5.73 Å². The van der Waals surface area contributed by atoms with E-state index in [0.717, 1.165) is 18.4 Å². The van der Waals surface area contributed by atoms with E-state index in [-0.39, 0.29) is 23.7 Å². The van der Waals surface area contributed by atoms with E-state index in [1.807, 2.05) is 0 Å². The van der Waals surface area contributed by atoms with Crippen LogP contribution in [0.2, 0.25) is 0 Å². The van der Waals surface area contributed by atoms with Gasteiger partial charge in [0.2, 0.25) is 11.8 Å². The molecule has 5 heteroatoms. The first-order valence-corrected chi connectivity index (χ1v) is 6.62. The van der Waals surface area contributed by atoms with E-state index in [9.17, 15) is 9.59 Å². The maximum atomic E-state index is 12.3. The second-order valence-corrected chi connectivity index (χ2v) is 5.64. The zero-order valence-corrected chi connectivity index (χ0v) is 10.9. The van der Waals surface area contributed by atoms with Gasteiger partial charge in [0.05, 0.1) is 18.4 Å². The Morgan fingerprint density at radius 1 is 1.26 bits per heavy atom. The molecule has 1 saturated heterocycles. The van der Waals surface area contributed by atoms with Crippen LogP contribution in [0, 0.1) is 17.8 Å². The van der Waals surface area contributed by atoms with Gasteiger partial charge >= 0.3 is 0 Å². The molecule has 1 aliphatic heterocycles. The lowest BCUT2D eigenvalue weighted by Crippen LogP contribution is -2.31. The van der Waals surface area contributed by atoms with Gasteiger partial charge in [-0.2, -0.15) is 0 Å². The summed E-state index contributed by atoms with van der Waals surface area (Å²) in [5.41, 5.74) is 6.36. The molecule has 1 aromatic rings. The average molecular weight is 259 g/mol. The number of hydrogen-bond acceptors (Lipinski definition) is 4. The van der Waals surface area contributed by atoms with Gasteiger partial charge < -0.3 is 5.73 Å². The summed E-state index contributed by atoms with van der Waals surface area (Å²) >= 11 is 0. The number of anilines is 1. The van der Waals surface area contributed by atoms with Crippen LogP contribution in [0.4, 0.5) is 5.82 Å². The number of carbonyl (C=O) groups excluding carboxylic acids is 2. The Morgan fingerprint density at radius 2 is 1.89 bits per heavy atom. The van der Waals surface area contributed by atoms with Gasteiger partial charge in [-0.25, -0.2) is 4.98 Å². The van der Waals surface area contributed by atoms with Gasteiger partial charge in [-0.1, -0.05) is 13.0 Å². The quantitative estimate of drug-likeness (QED) is 0.809. The van der Waals surface area contributed by atoms with Crippen molar-refractivity contribution in [2.45, 2.75) is 26.3 Å². The van der Waals surface area contributed by atoms with Gasteiger partial charge in [0.25, 0.3) is 0 Å². The van der Waals surface area contributed by atoms with Crippen molar-refractivity contribution >= 4 is 17.6 Å². The fraction of sp³-hybridized carbons (Fsp3) is 0.500. The molecule has 0 radical (unpaired) electrons. The molecule has 5 nitrogen and oxygen atoms in total. The molecule has 19 heavy (non-hydrogen) atoms. The predicted octanol–water partition coefficient (Wildman–Crippen LogP) is 1.19. The number of imide groups is 1. The third-order valence-electron chi connectivity index (χ3n) is 4.15. The minimum Gasteiger partial charge on any atom is -0.384 e. The van der Waals surface area contributed by atoms with E-state index < -0.39 is 0 Å². The largest absolute Gasteiger partial charge is 0.384 e. The highest BCUT2D eigenvalue weighted by molar-refractivity contribution is 6.05. The third-order valence-corrected chi connectivity index (χ3v) is 4.15. The van der Waals surface area contributed by atoms with Crippen LogP contribution in [0.5, 0.6) is 0 Å². The van der Waals surface area contributed by atoms with E-state index in [0.29, 0.717) is 18.3 Å². The second-order valence-electron chi connectivity index (χ2n) is 5.64. The standard InChI is InChI=1S/C14H17N3O2/c1-8-4-10-11(5-8)14(19)17(13(10)18)7-9-2-3-12(15)16-6-9/h2-3,6,8,10-11H,4-5,7H2,1H3,(H2,15,16). The summed E-state index contributed by atoms with van der Waals surface area (Å²) in [5, 5.41) is 0. The molecule has 2 amide bonds. The number of nitrogen functional groups attached to an aromatic ring is 1. The van der Waals surface area contributed by atoms with Gasteiger partial charge in [-0.05, 0) is 30.4 Å². The van der Waals surface area contributed by atoms with Crippen LogP contribution in [-0.2, 0) is 16.1 Å². The number of nitrogens with zero attached hydrogens (tertiary/aromatic N) is 2. The van der Waals surface area contributed by atoms with Crippen molar-refractivity contribution < 1.29 is 9.59 Å². The van der Waals surface area contributed by atoms with Gasteiger partial charge in [0.1, 0.15) is 5.82 Å².